The smallest absolute Gasteiger partial charge is 0.404 e. The zero-order valence-electron chi connectivity index (χ0n) is 20.0. The molecule has 0 aromatic heterocycles. The Labute approximate surface area is 197 Å². The Hall–Kier alpha value is -3.04. The summed E-state index contributed by atoms with van der Waals surface area (Å²) in [5.41, 5.74) is 3.68. The second-order valence-corrected chi connectivity index (χ2v) is 10.0. The number of nitriles is 1. The molecule has 0 radical (unpaired) electrons. The summed E-state index contributed by atoms with van der Waals surface area (Å²) in [4.78, 5) is 11.3. The van der Waals surface area contributed by atoms with Crippen LogP contribution in [0.4, 0.5) is 4.79 Å². The van der Waals surface area contributed by atoms with Crippen molar-refractivity contribution in [2.24, 2.45) is 11.3 Å². The fourth-order valence-electron chi connectivity index (χ4n) is 4.95. The average Bonchev–Trinajstić information content (AvgIpc) is 2.80. The first-order valence-corrected chi connectivity index (χ1v) is 11.6. The number of methoxy groups -OCH3 is 1. The van der Waals surface area contributed by atoms with Crippen LogP contribution < -0.4 is 15.4 Å². The third kappa shape index (κ3) is 6.49. The fraction of sp³-hybridized carbons (Fsp3) is 0.481. The highest BCUT2D eigenvalue weighted by molar-refractivity contribution is 5.67. The van der Waals surface area contributed by atoms with Crippen LogP contribution in [0.25, 0.3) is 11.1 Å². The molecule has 3 rings (SSSR count). The number of nitrogens with one attached hydrogen (secondary N) is 2. The summed E-state index contributed by atoms with van der Waals surface area (Å²) >= 11 is 0. The fourth-order valence-corrected chi connectivity index (χ4v) is 4.95. The van der Waals surface area contributed by atoms with Crippen molar-refractivity contribution in [3.05, 3.63) is 53.6 Å². The Bertz CT molecular complexity index is 998. The highest BCUT2D eigenvalue weighted by Crippen LogP contribution is 2.35. The van der Waals surface area contributed by atoms with Gasteiger partial charge in [0.15, 0.2) is 0 Å². The molecule has 1 aliphatic carbocycles. The Balaban J connectivity index is 1.64. The molecule has 0 heterocycles. The predicted molar refractivity (Wildman–Crippen MR) is 130 cm³/mol. The molecule has 0 bridgehead atoms. The summed E-state index contributed by atoms with van der Waals surface area (Å²) in [6.07, 6.45) is 3.09. The van der Waals surface area contributed by atoms with Gasteiger partial charge >= 0.3 is 6.09 Å². The van der Waals surface area contributed by atoms with Gasteiger partial charge in [-0.2, -0.15) is 5.26 Å². The summed E-state index contributed by atoms with van der Waals surface area (Å²) in [6.45, 7) is 7.00. The van der Waals surface area contributed by atoms with Crippen LogP contribution in [0, 0.1) is 22.7 Å². The highest BCUT2D eigenvalue weighted by atomic mass is 16.5. The van der Waals surface area contributed by atoms with Crippen LogP contribution in [0.5, 0.6) is 5.75 Å². The molecule has 1 fully saturated rings. The number of carbonyl (C=O) groups is 1. The van der Waals surface area contributed by atoms with Crippen molar-refractivity contribution >= 4 is 6.09 Å². The van der Waals surface area contributed by atoms with Gasteiger partial charge in [-0.15, -0.1) is 0 Å². The maximum atomic E-state index is 11.3. The van der Waals surface area contributed by atoms with Gasteiger partial charge in [-0.25, -0.2) is 4.79 Å². The second kappa shape index (κ2) is 10.7. The van der Waals surface area contributed by atoms with Crippen LogP contribution in [-0.2, 0) is 6.54 Å². The van der Waals surface area contributed by atoms with Crippen LogP contribution in [-0.4, -0.2) is 30.4 Å². The van der Waals surface area contributed by atoms with Crippen LogP contribution in [0.1, 0.15) is 57.6 Å². The van der Waals surface area contributed by atoms with Crippen LogP contribution >= 0.6 is 0 Å². The van der Waals surface area contributed by atoms with Gasteiger partial charge in [-0.3, -0.25) is 0 Å². The lowest BCUT2D eigenvalue weighted by Gasteiger charge is -2.40. The van der Waals surface area contributed by atoms with E-state index in [1.807, 2.05) is 36.4 Å². The first kappa shape index (κ1) is 24.6. The molecular weight excluding hydrogens is 414 g/mol. The van der Waals surface area contributed by atoms with Crippen molar-refractivity contribution in [1.82, 2.24) is 10.6 Å². The van der Waals surface area contributed by atoms with E-state index in [2.05, 4.69) is 43.5 Å². The van der Waals surface area contributed by atoms with Gasteiger partial charge in [-0.05, 0) is 72.4 Å². The van der Waals surface area contributed by atoms with Gasteiger partial charge in [0.2, 0.25) is 0 Å². The highest BCUT2D eigenvalue weighted by Gasteiger charge is 2.35. The van der Waals surface area contributed by atoms with E-state index >= 15 is 0 Å². The molecule has 1 unspecified atom stereocenters. The minimum Gasteiger partial charge on any atom is -0.496 e. The molecule has 1 atom stereocenters. The van der Waals surface area contributed by atoms with E-state index in [9.17, 15) is 15.2 Å². The van der Waals surface area contributed by atoms with E-state index in [0.717, 1.165) is 48.1 Å². The third-order valence-corrected chi connectivity index (χ3v) is 6.64. The third-order valence-electron chi connectivity index (χ3n) is 6.64. The van der Waals surface area contributed by atoms with Gasteiger partial charge in [-0.1, -0.05) is 39.0 Å². The Morgan fingerprint density at radius 1 is 1.15 bits per heavy atom. The van der Waals surface area contributed by atoms with Crippen molar-refractivity contribution in [2.75, 3.05) is 7.11 Å². The lowest BCUT2D eigenvalue weighted by atomic mass is 9.72. The molecule has 1 amide bonds. The van der Waals surface area contributed by atoms with Crippen molar-refractivity contribution in [3.63, 3.8) is 0 Å². The molecule has 1 saturated carbocycles. The zero-order chi connectivity index (χ0) is 24.0. The van der Waals surface area contributed by atoms with E-state index in [1.165, 1.54) is 0 Å². The topological polar surface area (TPSA) is 94.4 Å². The molecule has 2 aromatic rings. The van der Waals surface area contributed by atoms with Gasteiger partial charge < -0.3 is 20.5 Å². The molecule has 6 nitrogen and oxygen atoms in total. The first-order valence-electron chi connectivity index (χ1n) is 11.6. The van der Waals surface area contributed by atoms with Gasteiger partial charge in [0.25, 0.3) is 0 Å². The summed E-state index contributed by atoms with van der Waals surface area (Å²) in [5, 5.41) is 24.9. The number of hydrogen-bond acceptors (Lipinski definition) is 4. The molecule has 33 heavy (non-hydrogen) atoms. The number of benzene rings is 2. The van der Waals surface area contributed by atoms with Crippen LogP contribution in [0.2, 0.25) is 0 Å². The molecule has 2 aromatic carbocycles. The molecule has 0 saturated heterocycles. The summed E-state index contributed by atoms with van der Waals surface area (Å²) in [7, 11) is 1.68. The minimum atomic E-state index is -0.942. The molecular formula is C27H35N3O3. The van der Waals surface area contributed by atoms with Crippen molar-refractivity contribution < 1.29 is 14.6 Å². The predicted octanol–water partition coefficient (Wildman–Crippen LogP) is 5.56. The summed E-state index contributed by atoms with van der Waals surface area (Å²) in [5.74, 6) is 1.19. The summed E-state index contributed by atoms with van der Waals surface area (Å²) in [6, 6.07) is 16.3. The van der Waals surface area contributed by atoms with E-state index in [0.29, 0.717) is 24.1 Å². The normalized spacial score (nSPS) is 19.4. The number of hydrogen-bond donors (Lipinski definition) is 3. The molecule has 0 aliphatic heterocycles. The quantitative estimate of drug-likeness (QED) is 0.514. The standard InChI is InChI=1S/C27H35N3O3/c1-27(2,3)25(30-26(31)32)19-8-11-23(12-9-19)29-17-22-15-21(10-13-24(22)33-4)20-7-5-6-18(14-20)16-28/h5-7,10,13-15,19,23,25,29-30H,8-9,11-12,17H2,1-4H3,(H,31,32). The number of ether oxygens (including phenoxy) is 1. The number of nitrogens with zero attached hydrogens (tertiary/aromatic N) is 1. The van der Waals surface area contributed by atoms with Crippen LogP contribution in [0.3, 0.4) is 0 Å². The van der Waals surface area contributed by atoms with Crippen molar-refractivity contribution in [1.29, 1.82) is 5.26 Å². The lowest BCUT2D eigenvalue weighted by molar-refractivity contribution is 0.129. The molecule has 3 N–H and O–H groups in total. The van der Waals surface area contributed by atoms with E-state index in [-0.39, 0.29) is 11.5 Å². The second-order valence-electron chi connectivity index (χ2n) is 10.0. The minimum absolute atomic E-state index is 0.0445. The molecule has 6 heteroatoms. The zero-order valence-corrected chi connectivity index (χ0v) is 20.0. The van der Waals surface area contributed by atoms with Gasteiger partial charge in [0.1, 0.15) is 5.75 Å². The monoisotopic (exact) mass is 449 g/mol. The van der Waals surface area contributed by atoms with E-state index in [4.69, 9.17) is 4.74 Å². The van der Waals surface area contributed by atoms with Crippen LogP contribution in [0.15, 0.2) is 42.5 Å². The SMILES string of the molecule is COc1ccc(-c2cccc(C#N)c2)cc1CNC1CCC(C(NC(=O)O)C(C)(C)C)CC1. The maximum Gasteiger partial charge on any atom is 0.404 e. The van der Waals surface area contributed by atoms with Gasteiger partial charge in [0, 0.05) is 24.2 Å². The maximum absolute atomic E-state index is 11.3. The molecule has 176 valence electrons. The molecule has 0 spiro atoms. The largest absolute Gasteiger partial charge is 0.496 e. The lowest BCUT2D eigenvalue weighted by Crippen LogP contribution is -2.50. The molecule has 1 aliphatic rings. The van der Waals surface area contributed by atoms with Crippen molar-refractivity contribution in [3.8, 4) is 22.9 Å². The Morgan fingerprint density at radius 3 is 2.45 bits per heavy atom. The first-order chi connectivity index (χ1) is 15.7. The number of amides is 1. The van der Waals surface area contributed by atoms with Gasteiger partial charge in [0.05, 0.1) is 18.7 Å². The van der Waals surface area contributed by atoms with E-state index in [1.54, 1.807) is 7.11 Å². The van der Waals surface area contributed by atoms with Crippen molar-refractivity contribution in [2.45, 2.75) is 65.1 Å². The van der Waals surface area contributed by atoms with E-state index < -0.39 is 6.09 Å². The number of rotatable bonds is 7. The average molecular weight is 450 g/mol. The Kier molecular flexibility index (Phi) is 7.99. The number of carboxylic acid groups (broad SMARTS) is 1. The summed E-state index contributed by atoms with van der Waals surface area (Å²) < 4.78 is 5.59. The Morgan fingerprint density at radius 2 is 1.85 bits per heavy atom.